The fourth-order valence-electron chi connectivity index (χ4n) is 1.48. The summed E-state index contributed by atoms with van der Waals surface area (Å²) in [7, 11) is 1.51. The fourth-order valence-corrected chi connectivity index (χ4v) is 2.06. The minimum Gasteiger partial charge on any atom is -0.494 e. The predicted molar refractivity (Wildman–Crippen MR) is 65.3 cm³/mol. The van der Waals surface area contributed by atoms with Crippen LogP contribution < -0.4 is 4.74 Å². The normalized spacial score (nSPS) is 10.0. The molecule has 0 aliphatic carbocycles. The predicted octanol–water partition coefficient (Wildman–Crippen LogP) is 3.26. The number of aromatic amines is 1. The molecule has 0 aliphatic heterocycles. The highest BCUT2D eigenvalue weighted by atomic mass is 35.5. The number of rotatable bonds is 2. The zero-order valence-electron chi connectivity index (χ0n) is 8.79. The van der Waals surface area contributed by atoms with Gasteiger partial charge in [-0.05, 0) is 12.1 Å². The van der Waals surface area contributed by atoms with Gasteiger partial charge in [0.05, 0.1) is 17.8 Å². The molecule has 1 aromatic heterocycles. The summed E-state index contributed by atoms with van der Waals surface area (Å²) in [6.45, 7) is 0. The van der Waals surface area contributed by atoms with Gasteiger partial charge in [-0.3, -0.25) is 5.10 Å². The highest BCUT2D eigenvalue weighted by Crippen LogP contribution is 2.38. The second-order valence-corrected chi connectivity index (χ2v) is 4.09. The molecule has 0 amide bonds. The molecule has 17 heavy (non-hydrogen) atoms. The van der Waals surface area contributed by atoms with Crippen molar-refractivity contribution in [2.24, 2.45) is 0 Å². The Morgan fingerprint density at radius 1 is 1.35 bits per heavy atom. The van der Waals surface area contributed by atoms with Gasteiger partial charge in [-0.2, -0.15) is 10.4 Å². The quantitative estimate of drug-likeness (QED) is 0.909. The van der Waals surface area contributed by atoms with Crippen LogP contribution in [-0.2, 0) is 0 Å². The van der Waals surface area contributed by atoms with E-state index in [1.54, 1.807) is 18.2 Å². The van der Waals surface area contributed by atoms with E-state index in [1.807, 2.05) is 6.07 Å². The molecule has 2 aromatic rings. The summed E-state index contributed by atoms with van der Waals surface area (Å²) in [5.41, 5.74) is 1.58. The lowest BCUT2D eigenvalue weighted by Crippen LogP contribution is -1.89. The SMILES string of the molecule is COc1c(Cl)cc(Cl)cc1-c1cc(C#N)n[nH]1. The van der Waals surface area contributed by atoms with Crippen LogP contribution in [0.4, 0.5) is 0 Å². The molecule has 0 fully saturated rings. The highest BCUT2D eigenvalue weighted by molar-refractivity contribution is 6.36. The van der Waals surface area contributed by atoms with Gasteiger partial charge in [0.2, 0.25) is 0 Å². The number of benzene rings is 1. The average Bonchev–Trinajstić information content (AvgIpc) is 2.76. The van der Waals surface area contributed by atoms with E-state index in [1.165, 1.54) is 7.11 Å². The lowest BCUT2D eigenvalue weighted by atomic mass is 10.1. The number of methoxy groups -OCH3 is 1. The smallest absolute Gasteiger partial charge is 0.162 e. The van der Waals surface area contributed by atoms with Crippen molar-refractivity contribution in [1.82, 2.24) is 10.2 Å². The lowest BCUT2D eigenvalue weighted by molar-refractivity contribution is 0.416. The van der Waals surface area contributed by atoms with Crippen molar-refractivity contribution in [2.45, 2.75) is 0 Å². The van der Waals surface area contributed by atoms with Gasteiger partial charge in [-0.15, -0.1) is 0 Å². The van der Waals surface area contributed by atoms with Crippen molar-refractivity contribution in [1.29, 1.82) is 5.26 Å². The van der Waals surface area contributed by atoms with Crippen LogP contribution in [0.1, 0.15) is 5.69 Å². The zero-order valence-corrected chi connectivity index (χ0v) is 10.3. The van der Waals surface area contributed by atoms with Crippen molar-refractivity contribution in [3.05, 3.63) is 33.9 Å². The number of hydrogen-bond donors (Lipinski definition) is 1. The van der Waals surface area contributed by atoms with Crippen molar-refractivity contribution >= 4 is 23.2 Å². The molecule has 0 atom stereocenters. The van der Waals surface area contributed by atoms with Crippen LogP contribution in [0, 0.1) is 11.3 Å². The number of nitrogens with one attached hydrogen (secondary N) is 1. The van der Waals surface area contributed by atoms with Gasteiger partial charge in [0.25, 0.3) is 0 Å². The van der Waals surface area contributed by atoms with Gasteiger partial charge in [0.15, 0.2) is 5.69 Å². The molecular weight excluding hydrogens is 261 g/mol. The number of halogens is 2. The van der Waals surface area contributed by atoms with Crippen LogP contribution >= 0.6 is 23.2 Å². The molecule has 0 aliphatic rings. The van der Waals surface area contributed by atoms with Crippen LogP contribution in [0.2, 0.25) is 10.0 Å². The first-order chi connectivity index (χ1) is 8.15. The second kappa shape index (κ2) is 4.66. The molecule has 2 rings (SSSR count). The summed E-state index contributed by atoms with van der Waals surface area (Å²) < 4.78 is 5.21. The Hall–Kier alpha value is -1.70. The molecule has 0 spiro atoms. The van der Waals surface area contributed by atoms with Crippen LogP contribution in [-0.4, -0.2) is 17.3 Å². The van der Waals surface area contributed by atoms with Crippen LogP contribution in [0.25, 0.3) is 11.3 Å². The maximum Gasteiger partial charge on any atom is 0.162 e. The summed E-state index contributed by atoms with van der Waals surface area (Å²) in [6, 6.07) is 6.82. The topological polar surface area (TPSA) is 61.7 Å². The number of hydrogen-bond acceptors (Lipinski definition) is 3. The Labute approximate surface area is 108 Å². The summed E-state index contributed by atoms with van der Waals surface area (Å²) in [5.74, 6) is 0.490. The number of nitrogens with zero attached hydrogens (tertiary/aromatic N) is 2. The minimum absolute atomic E-state index is 0.290. The van der Waals surface area contributed by atoms with Crippen molar-refractivity contribution in [3.8, 4) is 23.1 Å². The molecule has 0 saturated heterocycles. The van der Waals surface area contributed by atoms with E-state index < -0.39 is 0 Å². The first-order valence-electron chi connectivity index (χ1n) is 4.64. The van der Waals surface area contributed by atoms with Gasteiger partial charge in [0.1, 0.15) is 11.8 Å². The van der Waals surface area contributed by atoms with E-state index in [4.69, 9.17) is 33.2 Å². The molecule has 0 unspecified atom stereocenters. The summed E-state index contributed by atoms with van der Waals surface area (Å²) >= 11 is 11.9. The first kappa shape index (κ1) is 11.8. The Balaban J connectivity index is 2.62. The number of nitriles is 1. The second-order valence-electron chi connectivity index (χ2n) is 3.25. The molecule has 4 nitrogen and oxygen atoms in total. The minimum atomic E-state index is 0.290. The summed E-state index contributed by atoms with van der Waals surface area (Å²) in [4.78, 5) is 0. The van der Waals surface area contributed by atoms with E-state index >= 15 is 0 Å². The fraction of sp³-hybridized carbons (Fsp3) is 0.0909. The van der Waals surface area contributed by atoms with Crippen molar-refractivity contribution < 1.29 is 4.74 Å². The standard InChI is InChI=1S/C11H7Cl2N3O/c1-17-11-8(2-6(12)3-9(11)13)10-4-7(5-14)15-16-10/h2-4H,1H3,(H,15,16). The van der Waals surface area contributed by atoms with Crippen molar-refractivity contribution in [3.63, 3.8) is 0 Å². The van der Waals surface area contributed by atoms with Gasteiger partial charge in [-0.25, -0.2) is 0 Å². The van der Waals surface area contributed by atoms with E-state index in [9.17, 15) is 0 Å². The summed E-state index contributed by atoms with van der Waals surface area (Å²) in [5, 5.41) is 16.2. The zero-order chi connectivity index (χ0) is 12.4. The Morgan fingerprint density at radius 2 is 2.12 bits per heavy atom. The first-order valence-corrected chi connectivity index (χ1v) is 5.40. The van der Waals surface area contributed by atoms with Crippen LogP contribution in [0.3, 0.4) is 0 Å². The van der Waals surface area contributed by atoms with Gasteiger partial charge < -0.3 is 4.74 Å². The Morgan fingerprint density at radius 3 is 2.71 bits per heavy atom. The largest absolute Gasteiger partial charge is 0.494 e. The molecule has 0 bridgehead atoms. The van der Waals surface area contributed by atoms with E-state index in [-0.39, 0.29) is 5.69 Å². The van der Waals surface area contributed by atoms with E-state index in [0.717, 1.165) is 0 Å². The van der Waals surface area contributed by atoms with Crippen LogP contribution in [0.5, 0.6) is 5.75 Å². The molecule has 86 valence electrons. The van der Waals surface area contributed by atoms with Crippen LogP contribution in [0.15, 0.2) is 18.2 Å². The molecule has 0 radical (unpaired) electrons. The third kappa shape index (κ3) is 2.21. The highest BCUT2D eigenvalue weighted by Gasteiger charge is 2.13. The maximum absolute atomic E-state index is 8.72. The maximum atomic E-state index is 8.72. The number of H-pyrrole nitrogens is 1. The lowest BCUT2D eigenvalue weighted by Gasteiger charge is -2.09. The van der Waals surface area contributed by atoms with Gasteiger partial charge in [0, 0.05) is 16.7 Å². The third-order valence-corrected chi connectivity index (χ3v) is 2.69. The Kier molecular flexibility index (Phi) is 3.23. The van der Waals surface area contributed by atoms with E-state index in [0.29, 0.717) is 27.1 Å². The molecule has 0 saturated carbocycles. The third-order valence-electron chi connectivity index (χ3n) is 2.20. The molecule has 1 heterocycles. The molecular formula is C11H7Cl2N3O. The molecule has 1 aromatic carbocycles. The van der Waals surface area contributed by atoms with Gasteiger partial charge in [-0.1, -0.05) is 23.2 Å². The number of aromatic nitrogens is 2. The summed E-state index contributed by atoms with van der Waals surface area (Å²) in [6.07, 6.45) is 0. The average molecular weight is 268 g/mol. The van der Waals surface area contributed by atoms with Gasteiger partial charge >= 0.3 is 0 Å². The number of ether oxygens (including phenoxy) is 1. The molecule has 6 heteroatoms. The molecule has 1 N–H and O–H groups in total. The monoisotopic (exact) mass is 267 g/mol. The Bertz CT molecular complexity index is 601. The van der Waals surface area contributed by atoms with Crippen molar-refractivity contribution in [2.75, 3.05) is 7.11 Å². The van der Waals surface area contributed by atoms with E-state index in [2.05, 4.69) is 10.2 Å².